The van der Waals surface area contributed by atoms with Crippen molar-refractivity contribution in [1.29, 1.82) is 0 Å². The third-order valence-corrected chi connectivity index (χ3v) is 6.21. The van der Waals surface area contributed by atoms with E-state index in [1.54, 1.807) is 12.3 Å². The number of H-pyrrole nitrogens is 1. The second-order valence-corrected chi connectivity index (χ2v) is 8.11. The Kier molecular flexibility index (Phi) is 3.84. The number of nitrogens with one attached hydrogen (secondary N) is 1. The minimum absolute atomic E-state index is 0.0220. The number of hydrogen-bond donors (Lipinski definition) is 1. The van der Waals surface area contributed by atoms with Crippen LogP contribution in [0.5, 0.6) is 0 Å². The Bertz CT molecular complexity index is 1080. The lowest BCUT2D eigenvalue weighted by Gasteiger charge is -2.18. The third kappa shape index (κ3) is 2.98. The highest BCUT2D eigenvalue weighted by atomic mass is 32.2. The standard InChI is InChI=1S/C14H13F3N6O2S/c15-14(16,17)7-26(24,25)23-4-2-8(6-23)12-11-9-1-3-18-13(9)22-20-10(11)5-19-21-12/h1,3,5,8,21H,2,4,6-7H2. The summed E-state index contributed by atoms with van der Waals surface area (Å²) in [5.74, 6) is -2.18. The van der Waals surface area contributed by atoms with Crippen LogP contribution in [0.2, 0.25) is 0 Å². The topological polar surface area (TPSA) is 105 Å². The molecule has 0 amide bonds. The van der Waals surface area contributed by atoms with Gasteiger partial charge in [-0.25, -0.2) is 17.7 Å². The first-order valence-corrected chi connectivity index (χ1v) is 9.34. The van der Waals surface area contributed by atoms with Gasteiger partial charge in [-0.15, -0.1) is 10.2 Å². The van der Waals surface area contributed by atoms with Crippen LogP contribution in [0.3, 0.4) is 0 Å². The smallest absolute Gasteiger partial charge is 0.282 e. The van der Waals surface area contributed by atoms with Crippen LogP contribution in [0.25, 0.3) is 21.9 Å². The van der Waals surface area contributed by atoms with Crippen LogP contribution < -0.4 is 0 Å². The molecule has 4 rings (SSSR count). The Morgan fingerprint density at radius 2 is 2.12 bits per heavy atom. The Labute approximate surface area is 145 Å². The summed E-state index contributed by atoms with van der Waals surface area (Å²) in [7, 11) is -4.41. The van der Waals surface area contributed by atoms with E-state index in [0.29, 0.717) is 28.7 Å². The van der Waals surface area contributed by atoms with Gasteiger partial charge in [0.15, 0.2) is 11.4 Å². The SMILES string of the molecule is O=S(=O)(CC(F)(F)F)N1CCC(c2[nH]ncc3nnc4nccc4c23)C1. The Balaban J connectivity index is 1.71. The molecule has 3 aromatic rings. The highest BCUT2D eigenvalue weighted by Crippen LogP contribution is 2.34. The Morgan fingerprint density at radius 1 is 1.31 bits per heavy atom. The van der Waals surface area contributed by atoms with Crippen LogP contribution in [-0.2, 0) is 10.0 Å². The molecule has 1 aliphatic rings. The van der Waals surface area contributed by atoms with E-state index in [1.807, 2.05) is 0 Å². The average molecular weight is 386 g/mol. The molecule has 1 aliphatic heterocycles. The monoisotopic (exact) mass is 386 g/mol. The Morgan fingerprint density at radius 3 is 2.88 bits per heavy atom. The van der Waals surface area contributed by atoms with Gasteiger partial charge in [-0.3, -0.25) is 5.10 Å². The van der Waals surface area contributed by atoms with Gasteiger partial charge in [-0.2, -0.15) is 18.3 Å². The number of rotatable bonds is 3. The molecule has 138 valence electrons. The zero-order chi connectivity index (χ0) is 18.5. The molecule has 1 atom stereocenters. The maximum atomic E-state index is 12.5. The van der Waals surface area contributed by atoms with Gasteiger partial charge in [0, 0.05) is 41.7 Å². The molecule has 0 spiro atoms. The largest absolute Gasteiger partial charge is 0.404 e. The lowest BCUT2D eigenvalue weighted by Crippen LogP contribution is -2.36. The summed E-state index contributed by atoms with van der Waals surface area (Å²) in [4.78, 5) is 4.09. The predicted octanol–water partition coefficient (Wildman–Crippen LogP) is 1.58. The number of halogens is 3. The van der Waals surface area contributed by atoms with Crippen molar-refractivity contribution in [3.8, 4) is 0 Å². The molecule has 0 bridgehead atoms. The van der Waals surface area contributed by atoms with Crippen LogP contribution >= 0.6 is 0 Å². The predicted molar refractivity (Wildman–Crippen MR) is 85.8 cm³/mol. The van der Waals surface area contributed by atoms with E-state index in [4.69, 9.17) is 0 Å². The van der Waals surface area contributed by atoms with Crippen molar-refractivity contribution < 1.29 is 21.6 Å². The molecule has 26 heavy (non-hydrogen) atoms. The summed E-state index contributed by atoms with van der Waals surface area (Å²) in [5, 5.41) is 16.4. The normalized spacial score (nSPS) is 19.6. The molecule has 0 aromatic carbocycles. The average Bonchev–Trinajstić information content (AvgIpc) is 3.21. The number of hydrogen-bond acceptors (Lipinski definition) is 6. The van der Waals surface area contributed by atoms with Gasteiger partial charge in [0.2, 0.25) is 10.0 Å². The molecule has 0 saturated carbocycles. The minimum atomic E-state index is -4.77. The molecule has 1 fully saturated rings. The van der Waals surface area contributed by atoms with E-state index in [0.717, 1.165) is 9.69 Å². The molecule has 3 aromatic heterocycles. The minimum Gasteiger partial charge on any atom is -0.282 e. The molecule has 1 unspecified atom stereocenters. The Hall–Kier alpha value is -2.34. The lowest BCUT2D eigenvalue weighted by molar-refractivity contribution is -0.106. The van der Waals surface area contributed by atoms with Gasteiger partial charge < -0.3 is 0 Å². The van der Waals surface area contributed by atoms with E-state index < -0.39 is 22.0 Å². The molecule has 1 saturated heterocycles. The van der Waals surface area contributed by atoms with Crippen molar-refractivity contribution >= 4 is 32.0 Å². The summed E-state index contributed by atoms with van der Waals surface area (Å²) < 4.78 is 62.5. The van der Waals surface area contributed by atoms with Gasteiger partial charge >= 0.3 is 6.18 Å². The number of sulfonamides is 1. The van der Waals surface area contributed by atoms with E-state index in [9.17, 15) is 21.6 Å². The molecular weight excluding hydrogens is 373 g/mol. The van der Waals surface area contributed by atoms with Gasteiger partial charge in [0.1, 0.15) is 5.52 Å². The van der Waals surface area contributed by atoms with E-state index in [-0.39, 0.29) is 19.0 Å². The number of nitrogens with zero attached hydrogens (tertiary/aromatic N) is 5. The van der Waals surface area contributed by atoms with Gasteiger partial charge in [-0.05, 0) is 12.5 Å². The third-order valence-electron chi connectivity index (χ3n) is 4.40. The van der Waals surface area contributed by atoms with Crippen molar-refractivity contribution in [2.24, 2.45) is 0 Å². The summed E-state index contributed by atoms with van der Waals surface area (Å²) in [6.45, 7) is -0.0259. The fraction of sp³-hybridized carbons (Fsp3) is 0.429. The molecule has 0 radical (unpaired) electrons. The van der Waals surface area contributed by atoms with Crippen molar-refractivity contribution in [3.63, 3.8) is 0 Å². The molecule has 12 heteroatoms. The molecular formula is C14H13F3N6O2S. The zero-order valence-electron chi connectivity index (χ0n) is 13.2. The number of alkyl halides is 3. The van der Waals surface area contributed by atoms with Crippen LogP contribution in [0.4, 0.5) is 13.2 Å². The second kappa shape index (κ2) is 5.84. The highest BCUT2D eigenvalue weighted by molar-refractivity contribution is 7.89. The molecule has 0 aliphatic carbocycles. The maximum absolute atomic E-state index is 12.5. The lowest BCUT2D eigenvalue weighted by atomic mass is 10.00. The van der Waals surface area contributed by atoms with Crippen LogP contribution in [0, 0.1) is 0 Å². The quantitative estimate of drug-likeness (QED) is 0.733. The van der Waals surface area contributed by atoms with E-state index in [2.05, 4.69) is 25.4 Å². The first kappa shape index (κ1) is 17.1. The zero-order valence-corrected chi connectivity index (χ0v) is 14.0. The highest BCUT2D eigenvalue weighted by Gasteiger charge is 2.41. The van der Waals surface area contributed by atoms with Crippen LogP contribution in [0.1, 0.15) is 18.0 Å². The number of aromatic amines is 1. The summed E-state index contributed by atoms with van der Waals surface area (Å²) in [6, 6.07) is 1.76. The number of aromatic nitrogens is 5. The molecule has 1 N–H and O–H groups in total. The molecule has 8 nitrogen and oxygen atoms in total. The van der Waals surface area contributed by atoms with Crippen molar-refractivity contribution in [2.75, 3.05) is 18.8 Å². The maximum Gasteiger partial charge on any atom is 0.404 e. The summed E-state index contributed by atoms with van der Waals surface area (Å²) >= 11 is 0. The fourth-order valence-electron chi connectivity index (χ4n) is 3.29. The van der Waals surface area contributed by atoms with Gasteiger partial charge in [0.25, 0.3) is 0 Å². The van der Waals surface area contributed by atoms with Gasteiger partial charge in [0.05, 0.1) is 6.20 Å². The van der Waals surface area contributed by atoms with E-state index in [1.165, 1.54) is 6.20 Å². The van der Waals surface area contributed by atoms with Crippen LogP contribution in [0.15, 0.2) is 18.5 Å². The first-order valence-electron chi connectivity index (χ1n) is 7.73. The first-order chi connectivity index (χ1) is 12.2. The van der Waals surface area contributed by atoms with Crippen molar-refractivity contribution in [3.05, 3.63) is 24.2 Å². The van der Waals surface area contributed by atoms with Crippen molar-refractivity contribution in [2.45, 2.75) is 18.5 Å². The van der Waals surface area contributed by atoms with Crippen molar-refractivity contribution in [1.82, 2.24) is 29.7 Å². The van der Waals surface area contributed by atoms with Crippen LogP contribution in [-0.4, -0.2) is 63.1 Å². The fourth-order valence-corrected chi connectivity index (χ4v) is 4.68. The number of fused-ring (bicyclic) bond motifs is 3. The summed E-state index contributed by atoms with van der Waals surface area (Å²) in [6.07, 6.45) is -1.32. The summed E-state index contributed by atoms with van der Waals surface area (Å²) in [5.41, 5.74) is 1.58. The van der Waals surface area contributed by atoms with Gasteiger partial charge in [-0.1, -0.05) is 0 Å². The second-order valence-electron chi connectivity index (χ2n) is 6.14. The van der Waals surface area contributed by atoms with E-state index >= 15 is 0 Å². The molecule has 4 heterocycles.